The number of nitrogens with one attached hydrogen (secondary N) is 2. The number of pyridine rings is 1. The maximum absolute atomic E-state index is 12.7. The highest BCUT2D eigenvalue weighted by Crippen LogP contribution is 2.32. The number of aromatic nitrogens is 1. The molecule has 0 radical (unpaired) electrons. The molecule has 2 aromatic rings. The van der Waals surface area contributed by atoms with Crippen molar-refractivity contribution in [3.05, 3.63) is 58.2 Å². The Balaban J connectivity index is 1.41. The van der Waals surface area contributed by atoms with Crippen molar-refractivity contribution in [1.82, 2.24) is 15.2 Å². The van der Waals surface area contributed by atoms with Gasteiger partial charge in [0.25, 0.3) is 5.91 Å². The van der Waals surface area contributed by atoms with Crippen LogP contribution in [0.3, 0.4) is 0 Å². The van der Waals surface area contributed by atoms with Gasteiger partial charge in [0.05, 0.1) is 10.6 Å². The molecule has 1 aliphatic rings. The Morgan fingerprint density at radius 3 is 2.50 bits per heavy atom. The first-order valence-electron chi connectivity index (χ1n) is 10.3. The van der Waals surface area contributed by atoms with Crippen molar-refractivity contribution in [2.75, 3.05) is 31.5 Å². The van der Waals surface area contributed by atoms with Gasteiger partial charge in [-0.1, -0.05) is 29.8 Å². The van der Waals surface area contributed by atoms with Crippen LogP contribution < -0.4 is 10.6 Å². The average Bonchev–Trinajstić information content (AvgIpc) is 2.76. The zero-order chi connectivity index (χ0) is 23.3. The Labute approximate surface area is 189 Å². The minimum Gasteiger partial charge on any atom is -0.367 e. The van der Waals surface area contributed by atoms with Crippen molar-refractivity contribution < 1.29 is 22.8 Å². The van der Waals surface area contributed by atoms with Gasteiger partial charge in [-0.15, -0.1) is 0 Å². The van der Waals surface area contributed by atoms with Crippen LogP contribution in [0.15, 0.2) is 36.5 Å². The molecular weight excluding hydrogens is 445 g/mol. The minimum absolute atomic E-state index is 0.0212. The average molecular weight is 469 g/mol. The van der Waals surface area contributed by atoms with Crippen LogP contribution in [0.2, 0.25) is 5.02 Å². The van der Waals surface area contributed by atoms with E-state index < -0.39 is 11.7 Å². The van der Waals surface area contributed by atoms with Gasteiger partial charge >= 0.3 is 6.18 Å². The number of alkyl halides is 3. The van der Waals surface area contributed by atoms with Crippen LogP contribution in [-0.2, 0) is 11.0 Å². The third-order valence-electron chi connectivity index (χ3n) is 5.41. The predicted octanol–water partition coefficient (Wildman–Crippen LogP) is 4.14. The van der Waals surface area contributed by atoms with E-state index in [1.807, 2.05) is 25.1 Å². The Morgan fingerprint density at radius 2 is 1.88 bits per heavy atom. The summed E-state index contributed by atoms with van der Waals surface area (Å²) in [6.07, 6.45) is -2.66. The molecule has 6 nitrogen and oxygen atoms in total. The van der Waals surface area contributed by atoms with Gasteiger partial charge in [-0.2, -0.15) is 13.2 Å². The largest absolute Gasteiger partial charge is 0.417 e. The van der Waals surface area contributed by atoms with Gasteiger partial charge in [0.1, 0.15) is 5.82 Å². The number of aryl methyl sites for hydroxylation is 1. The lowest BCUT2D eigenvalue weighted by molar-refractivity contribution is -0.137. The molecule has 1 fully saturated rings. The molecule has 1 saturated heterocycles. The van der Waals surface area contributed by atoms with Crippen LogP contribution in [0.25, 0.3) is 0 Å². The zero-order valence-corrected chi connectivity index (χ0v) is 18.3. The van der Waals surface area contributed by atoms with Crippen LogP contribution in [-0.4, -0.2) is 47.9 Å². The topological polar surface area (TPSA) is 74.3 Å². The molecule has 2 N–H and O–H groups in total. The number of carbonyl (C=O) groups is 2. The predicted molar refractivity (Wildman–Crippen MR) is 116 cm³/mol. The van der Waals surface area contributed by atoms with Crippen molar-refractivity contribution >= 4 is 29.2 Å². The number of piperidine rings is 1. The summed E-state index contributed by atoms with van der Waals surface area (Å²) >= 11 is 5.85. The molecule has 0 spiro atoms. The van der Waals surface area contributed by atoms with Crippen LogP contribution in [0, 0.1) is 12.8 Å². The number of hydrogen-bond acceptors (Lipinski definition) is 4. The van der Waals surface area contributed by atoms with Gasteiger partial charge in [-0.05, 0) is 37.5 Å². The van der Waals surface area contributed by atoms with Gasteiger partial charge in [0.15, 0.2) is 0 Å². The summed E-state index contributed by atoms with van der Waals surface area (Å²) in [5.41, 5.74) is 0.679. The van der Waals surface area contributed by atoms with Crippen LogP contribution >= 0.6 is 11.6 Å². The summed E-state index contributed by atoms with van der Waals surface area (Å²) in [6.45, 7) is 3.44. The van der Waals surface area contributed by atoms with Gasteiger partial charge in [-0.3, -0.25) is 9.59 Å². The lowest BCUT2D eigenvalue weighted by atomic mass is 9.95. The number of rotatable bonds is 6. The van der Waals surface area contributed by atoms with E-state index in [-0.39, 0.29) is 41.7 Å². The van der Waals surface area contributed by atoms with Gasteiger partial charge in [0.2, 0.25) is 5.91 Å². The Hall–Kier alpha value is -2.81. The fraction of sp³-hybridized carbons (Fsp3) is 0.409. The number of amides is 2. The highest BCUT2D eigenvalue weighted by atomic mass is 35.5. The molecule has 32 heavy (non-hydrogen) atoms. The maximum Gasteiger partial charge on any atom is 0.417 e. The second-order valence-corrected chi connectivity index (χ2v) is 8.06. The van der Waals surface area contributed by atoms with Crippen molar-refractivity contribution in [3.8, 4) is 0 Å². The second kappa shape index (κ2) is 10.2. The summed E-state index contributed by atoms with van der Waals surface area (Å²) in [7, 11) is 0. The number of halogens is 4. The zero-order valence-electron chi connectivity index (χ0n) is 17.5. The minimum atomic E-state index is -4.51. The number of likely N-dealkylation sites (tertiary alicyclic amines) is 1. The van der Waals surface area contributed by atoms with E-state index in [0.29, 0.717) is 37.7 Å². The normalized spacial score (nSPS) is 14.8. The van der Waals surface area contributed by atoms with Gasteiger partial charge < -0.3 is 15.5 Å². The smallest absolute Gasteiger partial charge is 0.367 e. The third-order valence-corrected chi connectivity index (χ3v) is 5.70. The monoisotopic (exact) mass is 468 g/mol. The molecule has 172 valence electrons. The molecule has 0 atom stereocenters. The molecule has 1 aromatic heterocycles. The van der Waals surface area contributed by atoms with Crippen molar-refractivity contribution in [2.24, 2.45) is 5.92 Å². The molecular formula is C22H24ClF3N4O2. The number of carbonyl (C=O) groups excluding carboxylic acids is 2. The standard InChI is InChI=1S/C22H24ClF3N4O2/c1-14-4-2-3-5-17(14)21(32)30-10-6-15(7-11-30)20(31)28-9-8-27-19-18(23)12-16(13-29-19)22(24,25)26/h2-5,12-13,15H,6-11H2,1H3,(H,27,29)(H,28,31). The molecule has 0 bridgehead atoms. The second-order valence-electron chi connectivity index (χ2n) is 7.65. The molecule has 1 aliphatic heterocycles. The first kappa shape index (κ1) is 23.8. The fourth-order valence-electron chi connectivity index (χ4n) is 3.56. The third kappa shape index (κ3) is 5.91. The van der Waals surface area contributed by atoms with Crippen molar-refractivity contribution in [2.45, 2.75) is 25.9 Å². The number of anilines is 1. The van der Waals surface area contributed by atoms with Gasteiger partial charge in [0, 0.05) is 43.9 Å². The fourth-order valence-corrected chi connectivity index (χ4v) is 3.80. The quantitative estimate of drug-likeness (QED) is 0.625. The summed E-state index contributed by atoms with van der Waals surface area (Å²) in [6, 6.07) is 8.23. The number of benzene rings is 1. The number of nitrogens with zero attached hydrogens (tertiary/aromatic N) is 2. The number of hydrogen-bond donors (Lipinski definition) is 2. The van der Waals surface area contributed by atoms with Gasteiger partial charge in [-0.25, -0.2) is 4.98 Å². The first-order valence-corrected chi connectivity index (χ1v) is 10.6. The van der Waals surface area contributed by atoms with E-state index in [1.165, 1.54) is 0 Å². The summed E-state index contributed by atoms with van der Waals surface area (Å²) in [5.74, 6) is -0.200. The molecule has 0 saturated carbocycles. The maximum atomic E-state index is 12.7. The van der Waals surface area contributed by atoms with Crippen molar-refractivity contribution in [1.29, 1.82) is 0 Å². The van der Waals surface area contributed by atoms with E-state index in [9.17, 15) is 22.8 Å². The van der Waals surface area contributed by atoms with Crippen LogP contribution in [0.4, 0.5) is 19.0 Å². The highest BCUT2D eigenvalue weighted by Gasteiger charge is 2.31. The SMILES string of the molecule is Cc1ccccc1C(=O)N1CCC(C(=O)NCCNc2ncc(C(F)(F)F)cc2Cl)CC1. The van der Waals surface area contributed by atoms with E-state index in [0.717, 1.165) is 11.6 Å². The molecule has 2 amide bonds. The Kier molecular flexibility index (Phi) is 7.60. The van der Waals surface area contributed by atoms with E-state index in [4.69, 9.17) is 11.6 Å². The Morgan fingerprint density at radius 1 is 1.19 bits per heavy atom. The summed E-state index contributed by atoms with van der Waals surface area (Å²) in [5, 5.41) is 5.48. The summed E-state index contributed by atoms with van der Waals surface area (Å²) < 4.78 is 38.0. The molecule has 3 rings (SSSR count). The molecule has 0 unspecified atom stereocenters. The van der Waals surface area contributed by atoms with E-state index >= 15 is 0 Å². The molecule has 0 aliphatic carbocycles. The summed E-state index contributed by atoms with van der Waals surface area (Å²) in [4.78, 5) is 30.6. The lowest BCUT2D eigenvalue weighted by Gasteiger charge is -2.31. The first-order chi connectivity index (χ1) is 15.2. The van der Waals surface area contributed by atoms with E-state index in [2.05, 4.69) is 15.6 Å². The Bertz CT molecular complexity index is 976. The van der Waals surface area contributed by atoms with Crippen LogP contribution in [0.5, 0.6) is 0 Å². The van der Waals surface area contributed by atoms with E-state index in [1.54, 1.807) is 11.0 Å². The van der Waals surface area contributed by atoms with Crippen molar-refractivity contribution in [3.63, 3.8) is 0 Å². The lowest BCUT2D eigenvalue weighted by Crippen LogP contribution is -2.43. The van der Waals surface area contributed by atoms with Crippen LogP contribution in [0.1, 0.15) is 34.3 Å². The molecule has 1 aromatic carbocycles. The molecule has 10 heteroatoms. The molecule has 2 heterocycles. The highest BCUT2D eigenvalue weighted by molar-refractivity contribution is 6.32.